The van der Waals surface area contributed by atoms with Gasteiger partial charge < -0.3 is 9.84 Å². The highest BCUT2D eigenvalue weighted by Crippen LogP contribution is 2.19. The first-order chi connectivity index (χ1) is 7.25. The number of rotatable bonds is 3. The summed E-state index contributed by atoms with van der Waals surface area (Å²) in [6, 6.07) is 0. The molecule has 1 N–H and O–H groups in total. The third-order valence-corrected chi connectivity index (χ3v) is 2.94. The van der Waals surface area contributed by atoms with E-state index in [1.165, 1.54) is 0 Å². The minimum atomic E-state index is -0.297. The second-order valence-electron chi connectivity index (χ2n) is 4.27. The first-order valence-electron chi connectivity index (χ1n) is 5.49. The smallest absolute Gasteiger partial charge is 0.0631 e. The second-order valence-corrected chi connectivity index (χ2v) is 4.27. The SMILES string of the molecule is Cn1cc(CC(O)C2CCCOC2)cn1. The van der Waals surface area contributed by atoms with Gasteiger partial charge in [0.2, 0.25) is 0 Å². The van der Waals surface area contributed by atoms with Gasteiger partial charge in [-0.3, -0.25) is 4.68 Å². The number of aryl methyl sites for hydroxylation is 1. The molecule has 84 valence electrons. The van der Waals surface area contributed by atoms with E-state index in [0.717, 1.165) is 25.0 Å². The van der Waals surface area contributed by atoms with Crippen molar-refractivity contribution < 1.29 is 9.84 Å². The van der Waals surface area contributed by atoms with E-state index < -0.39 is 0 Å². The van der Waals surface area contributed by atoms with Crippen molar-refractivity contribution in [1.29, 1.82) is 0 Å². The van der Waals surface area contributed by atoms with Crippen LogP contribution in [0.15, 0.2) is 12.4 Å². The normalized spacial score (nSPS) is 24.0. The van der Waals surface area contributed by atoms with Crippen molar-refractivity contribution in [2.45, 2.75) is 25.4 Å². The van der Waals surface area contributed by atoms with E-state index in [1.807, 2.05) is 19.4 Å². The Morgan fingerprint density at radius 2 is 2.60 bits per heavy atom. The molecule has 2 rings (SSSR count). The number of aliphatic hydroxyl groups excluding tert-OH is 1. The number of hydrogen-bond donors (Lipinski definition) is 1. The summed E-state index contributed by atoms with van der Waals surface area (Å²) in [5.41, 5.74) is 1.09. The molecule has 0 radical (unpaired) electrons. The van der Waals surface area contributed by atoms with Crippen LogP contribution in [-0.4, -0.2) is 34.2 Å². The van der Waals surface area contributed by atoms with Crippen LogP contribution in [0.2, 0.25) is 0 Å². The predicted molar refractivity (Wildman–Crippen MR) is 56.5 cm³/mol. The predicted octanol–water partition coefficient (Wildman–Crippen LogP) is 0.750. The number of aliphatic hydroxyl groups is 1. The van der Waals surface area contributed by atoms with Gasteiger partial charge in [-0.1, -0.05) is 0 Å². The summed E-state index contributed by atoms with van der Waals surface area (Å²) in [6.45, 7) is 1.54. The van der Waals surface area contributed by atoms with Crippen LogP contribution in [0, 0.1) is 5.92 Å². The number of nitrogens with zero attached hydrogens (tertiary/aromatic N) is 2. The topological polar surface area (TPSA) is 47.3 Å². The van der Waals surface area contributed by atoms with Gasteiger partial charge in [0.1, 0.15) is 0 Å². The quantitative estimate of drug-likeness (QED) is 0.801. The Morgan fingerprint density at radius 3 is 3.20 bits per heavy atom. The Labute approximate surface area is 89.9 Å². The van der Waals surface area contributed by atoms with Crippen molar-refractivity contribution in [1.82, 2.24) is 9.78 Å². The molecule has 4 heteroatoms. The Bertz CT molecular complexity index is 305. The first-order valence-corrected chi connectivity index (χ1v) is 5.49. The molecule has 1 aromatic rings. The summed E-state index contributed by atoms with van der Waals surface area (Å²) in [7, 11) is 1.89. The van der Waals surface area contributed by atoms with Crippen molar-refractivity contribution >= 4 is 0 Å². The van der Waals surface area contributed by atoms with Crippen LogP contribution in [-0.2, 0) is 18.2 Å². The number of aromatic nitrogens is 2. The van der Waals surface area contributed by atoms with Gasteiger partial charge in [-0.05, 0) is 18.4 Å². The molecule has 1 fully saturated rings. The van der Waals surface area contributed by atoms with E-state index in [1.54, 1.807) is 4.68 Å². The zero-order valence-electron chi connectivity index (χ0n) is 9.09. The average molecular weight is 210 g/mol. The van der Waals surface area contributed by atoms with Crippen LogP contribution in [0.4, 0.5) is 0 Å². The van der Waals surface area contributed by atoms with Crippen LogP contribution >= 0.6 is 0 Å². The van der Waals surface area contributed by atoms with Crippen LogP contribution in [0.25, 0.3) is 0 Å². The van der Waals surface area contributed by atoms with Crippen LogP contribution < -0.4 is 0 Å². The van der Waals surface area contributed by atoms with Crippen molar-refractivity contribution in [3.63, 3.8) is 0 Å². The minimum absolute atomic E-state index is 0.291. The molecule has 1 aromatic heterocycles. The minimum Gasteiger partial charge on any atom is -0.392 e. The van der Waals surface area contributed by atoms with Crippen LogP contribution in [0.5, 0.6) is 0 Å². The zero-order valence-corrected chi connectivity index (χ0v) is 9.09. The molecule has 4 nitrogen and oxygen atoms in total. The highest BCUT2D eigenvalue weighted by molar-refractivity contribution is 5.05. The molecule has 1 aliphatic rings. The van der Waals surface area contributed by atoms with Crippen molar-refractivity contribution in [2.24, 2.45) is 13.0 Å². The summed E-state index contributed by atoms with van der Waals surface area (Å²) < 4.78 is 7.13. The van der Waals surface area contributed by atoms with E-state index >= 15 is 0 Å². The summed E-state index contributed by atoms with van der Waals surface area (Å²) >= 11 is 0. The lowest BCUT2D eigenvalue weighted by atomic mass is 9.92. The van der Waals surface area contributed by atoms with E-state index in [-0.39, 0.29) is 6.10 Å². The van der Waals surface area contributed by atoms with Gasteiger partial charge in [-0.25, -0.2) is 0 Å². The second kappa shape index (κ2) is 4.77. The highest BCUT2D eigenvalue weighted by atomic mass is 16.5. The Balaban J connectivity index is 1.88. The number of ether oxygens (including phenoxy) is 1. The molecule has 0 spiro atoms. The summed E-state index contributed by atoms with van der Waals surface area (Å²) in [5.74, 6) is 0.291. The fraction of sp³-hybridized carbons (Fsp3) is 0.727. The lowest BCUT2D eigenvalue weighted by Gasteiger charge is -2.26. The average Bonchev–Trinajstić information content (AvgIpc) is 2.65. The molecule has 15 heavy (non-hydrogen) atoms. The van der Waals surface area contributed by atoms with Gasteiger partial charge in [-0.15, -0.1) is 0 Å². The molecule has 2 unspecified atom stereocenters. The maximum Gasteiger partial charge on any atom is 0.0631 e. The summed E-state index contributed by atoms with van der Waals surface area (Å²) in [5, 5.41) is 14.1. The lowest BCUT2D eigenvalue weighted by Crippen LogP contribution is -2.30. The van der Waals surface area contributed by atoms with Gasteiger partial charge in [0.15, 0.2) is 0 Å². The van der Waals surface area contributed by atoms with Crippen LogP contribution in [0.1, 0.15) is 18.4 Å². The molecule has 0 saturated carbocycles. The van der Waals surface area contributed by atoms with Gasteiger partial charge >= 0.3 is 0 Å². The first kappa shape index (κ1) is 10.6. The standard InChI is InChI=1S/C11H18N2O2/c1-13-7-9(6-12-13)5-11(14)10-3-2-4-15-8-10/h6-7,10-11,14H,2-5,8H2,1H3. The van der Waals surface area contributed by atoms with Gasteiger partial charge in [0.25, 0.3) is 0 Å². The molecule has 2 atom stereocenters. The molecule has 2 heterocycles. The lowest BCUT2D eigenvalue weighted by molar-refractivity contribution is -0.00847. The fourth-order valence-electron chi connectivity index (χ4n) is 2.05. The van der Waals surface area contributed by atoms with Crippen molar-refractivity contribution in [3.05, 3.63) is 18.0 Å². The van der Waals surface area contributed by atoms with Crippen molar-refractivity contribution in [3.8, 4) is 0 Å². The van der Waals surface area contributed by atoms with Gasteiger partial charge in [0.05, 0.1) is 18.9 Å². The summed E-state index contributed by atoms with van der Waals surface area (Å²) in [4.78, 5) is 0. The molecular formula is C11H18N2O2. The maximum absolute atomic E-state index is 10.0. The third kappa shape index (κ3) is 2.79. The highest BCUT2D eigenvalue weighted by Gasteiger charge is 2.22. The maximum atomic E-state index is 10.0. The molecular weight excluding hydrogens is 192 g/mol. The van der Waals surface area contributed by atoms with Crippen LogP contribution in [0.3, 0.4) is 0 Å². The van der Waals surface area contributed by atoms with Crippen molar-refractivity contribution in [2.75, 3.05) is 13.2 Å². The van der Waals surface area contributed by atoms with E-state index in [9.17, 15) is 5.11 Å². The largest absolute Gasteiger partial charge is 0.392 e. The molecule has 0 aromatic carbocycles. The van der Waals surface area contributed by atoms with E-state index in [4.69, 9.17) is 4.74 Å². The molecule has 0 amide bonds. The molecule has 1 saturated heterocycles. The Kier molecular flexibility index (Phi) is 3.38. The molecule has 0 bridgehead atoms. The Morgan fingerprint density at radius 1 is 1.73 bits per heavy atom. The number of hydrogen-bond acceptors (Lipinski definition) is 3. The Hall–Kier alpha value is -0.870. The fourth-order valence-corrected chi connectivity index (χ4v) is 2.05. The van der Waals surface area contributed by atoms with Gasteiger partial charge in [-0.2, -0.15) is 5.10 Å². The zero-order chi connectivity index (χ0) is 10.7. The van der Waals surface area contributed by atoms with E-state index in [2.05, 4.69) is 5.10 Å². The monoisotopic (exact) mass is 210 g/mol. The summed E-state index contributed by atoms with van der Waals surface area (Å²) in [6.07, 6.45) is 6.28. The van der Waals surface area contributed by atoms with Gasteiger partial charge in [0, 0.05) is 32.2 Å². The van der Waals surface area contributed by atoms with E-state index in [0.29, 0.717) is 18.9 Å². The third-order valence-electron chi connectivity index (χ3n) is 2.94. The molecule has 1 aliphatic heterocycles. The molecule has 0 aliphatic carbocycles.